The first-order chi connectivity index (χ1) is 10.6. The summed E-state index contributed by atoms with van der Waals surface area (Å²) in [6, 6.07) is 8.22. The molecule has 0 aliphatic carbocycles. The minimum Gasteiger partial charge on any atom is -0.295 e. The molecule has 0 atom stereocenters. The zero-order valence-corrected chi connectivity index (χ0v) is 13.0. The van der Waals surface area contributed by atoms with Crippen LogP contribution in [0.5, 0.6) is 0 Å². The summed E-state index contributed by atoms with van der Waals surface area (Å²) in [4.78, 5) is 21.1. The maximum absolute atomic E-state index is 13.8. The van der Waals surface area contributed by atoms with Crippen LogP contribution in [0.4, 0.5) is 4.39 Å². The van der Waals surface area contributed by atoms with Gasteiger partial charge in [0.25, 0.3) is 5.56 Å². The summed E-state index contributed by atoms with van der Waals surface area (Å²) in [6.45, 7) is 0. The van der Waals surface area contributed by atoms with Gasteiger partial charge in [-0.1, -0.05) is 30.0 Å². The van der Waals surface area contributed by atoms with Gasteiger partial charge in [0.15, 0.2) is 5.16 Å². The lowest BCUT2D eigenvalue weighted by Crippen LogP contribution is -2.22. The Bertz CT molecular complexity index is 908. The Morgan fingerprint density at radius 1 is 1.27 bits per heavy atom. The lowest BCUT2D eigenvalue weighted by molar-refractivity contribution is 0.613. The van der Waals surface area contributed by atoms with Gasteiger partial charge in [0.05, 0.1) is 0 Å². The van der Waals surface area contributed by atoms with E-state index < -0.39 is 0 Å². The van der Waals surface area contributed by atoms with Gasteiger partial charge < -0.3 is 0 Å². The highest BCUT2D eigenvalue weighted by Gasteiger charge is 2.11. The van der Waals surface area contributed by atoms with Crippen molar-refractivity contribution in [1.29, 1.82) is 0 Å². The van der Waals surface area contributed by atoms with Crippen molar-refractivity contribution in [3.63, 3.8) is 0 Å². The molecule has 2 aromatic heterocycles. The smallest absolute Gasteiger partial charge is 0.255 e. The average Bonchev–Trinajstić information content (AvgIpc) is 2.54. The molecule has 0 radical (unpaired) electrons. The van der Waals surface area contributed by atoms with Crippen molar-refractivity contribution < 1.29 is 4.39 Å². The van der Waals surface area contributed by atoms with E-state index in [1.165, 1.54) is 22.4 Å². The fourth-order valence-corrected chi connectivity index (χ4v) is 2.71. The van der Waals surface area contributed by atoms with Gasteiger partial charge in [-0.05, 0) is 24.0 Å². The highest BCUT2D eigenvalue weighted by Crippen LogP contribution is 2.17. The van der Waals surface area contributed by atoms with Crippen LogP contribution in [0.3, 0.4) is 0 Å². The quantitative estimate of drug-likeness (QED) is 0.551. The molecule has 3 aromatic rings. The van der Waals surface area contributed by atoms with Gasteiger partial charge in [-0.15, -0.1) is 0 Å². The summed E-state index contributed by atoms with van der Waals surface area (Å²) < 4.78 is 15.3. The number of halogens is 1. The number of hydrogen-bond acceptors (Lipinski definition) is 4. The van der Waals surface area contributed by atoms with Crippen LogP contribution >= 0.6 is 11.8 Å². The summed E-state index contributed by atoms with van der Waals surface area (Å²) in [7, 11) is 1.67. The molecule has 6 heteroatoms. The third-order valence-corrected chi connectivity index (χ3v) is 4.08. The summed E-state index contributed by atoms with van der Waals surface area (Å²) >= 11 is 1.42. The molecule has 112 valence electrons. The zero-order chi connectivity index (χ0) is 15.7. The van der Waals surface area contributed by atoms with Crippen molar-refractivity contribution in [2.45, 2.75) is 11.6 Å². The van der Waals surface area contributed by atoms with Crippen LogP contribution in [0, 0.1) is 5.82 Å². The second-order valence-electron chi connectivity index (χ2n) is 4.94. The Kier molecular flexibility index (Phi) is 3.94. The lowest BCUT2D eigenvalue weighted by Gasteiger charge is -2.09. The molecular formula is C16H14FN3OS. The number of nitrogens with zero attached hydrogens (tertiary/aromatic N) is 3. The molecule has 0 N–H and O–H groups in total. The summed E-state index contributed by atoms with van der Waals surface area (Å²) in [5.74, 6) is -0.307. The normalized spacial score (nSPS) is 11.0. The molecule has 0 saturated heterocycles. The summed E-state index contributed by atoms with van der Waals surface area (Å²) in [5.41, 5.74) is 1.45. The molecule has 3 rings (SSSR count). The van der Waals surface area contributed by atoms with Gasteiger partial charge in [0.2, 0.25) is 0 Å². The van der Waals surface area contributed by atoms with Crippen molar-refractivity contribution in [3.8, 4) is 0 Å². The molecule has 0 unspecified atom stereocenters. The van der Waals surface area contributed by atoms with E-state index in [-0.39, 0.29) is 17.8 Å². The van der Waals surface area contributed by atoms with Crippen LogP contribution < -0.4 is 5.56 Å². The van der Waals surface area contributed by atoms with Crippen molar-refractivity contribution >= 4 is 22.8 Å². The Morgan fingerprint density at radius 2 is 2.05 bits per heavy atom. The van der Waals surface area contributed by atoms with Gasteiger partial charge in [-0.2, -0.15) is 0 Å². The summed E-state index contributed by atoms with van der Waals surface area (Å²) in [5, 5.41) is 1.38. The van der Waals surface area contributed by atoms with E-state index in [4.69, 9.17) is 0 Å². The maximum Gasteiger partial charge on any atom is 0.255 e. The van der Waals surface area contributed by atoms with Crippen molar-refractivity contribution in [1.82, 2.24) is 14.5 Å². The topological polar surface area (TPSA) is 47.8 Å². The largest absolute Gasteiger partial charge is 0.295 e. The van der Waals surface area contributed by atoms with Crippen molar-refractivity contribution in [3.05, 3.63) is 63.8 Å². The van der Waals surface area contributed by atoms with E-state index in [1.807, 2.05) is 6.26 Å². The number of hydrogen-bond donors (Lipinski definition) is 0. The minimum atomic E-state index is -0.307. The molecule has 0 fully saturated rings. The second kappa shape index (κ2) is 5.88. The zero-order valence-electron chi connectivity index (χ0n) is 12.2. The number of benzene rings is 1. The van der Waals surface area contributed by atoms with Gasteiger partial charge in [0, 0.05) is 30.6 Å². The van der Waals surface area contributed by atoms with Crippen LogP contribution in [0.15, 0.2) is 46.5 Å². The predicted octanol–water partition coefficient (Wildman–Crippen LogP) is 2.78. The molecule has 0 bridgehead atoms. The van der Waals surface area contributed by atoms with Crippen molar-refractivity contribution in [2.75, 3.05) is 6.26 Å². The SMILES string of the molecule is CSc1ncc2cc(Cc3ccccc3F)c(=O)n(C)c2n1. The molecule has 0 aliphatic rings. The molecule has 1 aromatic carbocycles. The van der Waals surface area contributed by atoms with Crippen LogP contribution in [0.25, 0.3) is 11.0 Å². The van der Waals surface area contributed by atoms with Crippen LogP contribution in [-0.2, 0) is 13.5 Å². The Labute approximate surface area is 131 Å². The standard InChI is InChI=1S/C16H14FN3OS/c1-20-14-12(9-18-16(19-14)22-2)8-11(15(20)21)7-10-5-3-4-6-13(10)17/h3-6,8-9H,7H2,1-2H3. The Morgan fingerprint density at radius 3 is 2.77 bits per heavy atom. The number of fused-ring (bicyclic) bond motifs is 1. The molecule has 0 spiro atoms. The first kappa shape index (κ1) is 14.7. The fourth-order valence-electron chi connectivity index (χ4n) is 2.37. The number of rotatable bonds is 3. The van der Waals surface area contributed by atoms with E-state index in [1.54, 1.807) is 37.5 Å². The molecular weight excluding hydrogens is 301 g/mol. The highest BCUT2D eigenvalue weighted by atomic mass is 32.2. The van der Waals surface area contributed by atoms with Crippen molar-refractivity contribution in [2.24, 2.45) is 7.05 Å². The maximum atomic E-state index is 13.8. The van der Waals surface area contributed by atoms with Crippen LogP contribution in [-0.4, -0.2) is 20.8 Å². The van der Waals surface area contributed by atoms with E-state index in [0.29, 0.717) is 21.9 Å². The fraction of sp³-hybridized carbons (Fsp3) is 0.188. The van der Waals surface area contributed by atoms with E-state index >= 15 is 0 Å². The molecule has 0 amide bonds. The lowest BCUT2D eigenvalue weighted by atomic mass is 10.0. The first-order valence-electron chi connectivity index (χ1n) is 6.73. The van der Waals surface area contributed by atoms with E-state index in [9.17, 15) is 9.18 Å². The number of thioether (sulfide) groups is 1. The first-order valence-corrected chi connectivity index (χ1v) is 7.95. The minimum absolute atomic E-state index is 0.165. The molecule has 2 heterocycles. The van der Waals surface area contributed by atoms with Gasteiger partial charge >= 0.3 is 0 Å². The second-order valence-corrected chi connectivity index (χ2v) is 5.71. The van der Waals surface area contributed by atoms with Gasteiger partial charge in [0.1, 0.15) is 11.5 Å². The van der Waals surface area contributed by atoms with Gasteiger partial charge in [-0.25, -0.2) is 14.4 Å². The number of aromatic nitrogens is 3. The number of pyridine rings is 1. The monoisotopic (exact) mass is 315 g/mol. The third-order valence-electron chi connectivity index (χ3n) is 3.52. The molecule has 4 nitrogen and oxygen atoms in total. The third kappa shape index (κ3) is 2.62. The molecule has 0 saturated carbocycles. The Hall–Kier alpha value is -2.21. The highest BCUT2D eigenvalue weighted by molar-refractivity contribution is 7.98. The van der Waals surface area contributed by atoms with E-state index in [0.717, 1.165) is 5.39 Å². The summed E-state index contributed by atoms with van der Waals surface area (Å²) in [6.07, 6.45) is 3.82. The van der Waals surface area contributed by atoms with Crippen LogP contribution in [0.2, 0.25) is 0 Å². The number of aryl methyl sites for hydroxylation is 1. The van der Waals surface area contributed by atoms with E-state index in [2.05, 4.69) is 9.97 Å². The average molecular weight is 315 g/mol. The van der Waals surface area contributed by atoms with Gasteiger partial charge in [-0.3, -0.25) is 9.36 Å². The molecule has 22 heavy (non-hydrogen) atoms. The van der Waals surface area contributed by atoms with Crippen LogP contribution in [0.1, 0.15) is 11.1 Å². The molecule has 0 aliphatic heterocycles. The Balaban J connectivity index is 2.14. The predicted molar refractivity (Wildman–Crippen MR) is 85.8 cm³/mol.